The van der Waals surface area contributed by atoms with Crippen LogP contribution in [-0.2, 0) is 9.53 Å². The molecule has 2 fully saturated rings. The molecule has 2 heterocycles. The summed E-state index contributed by atoms with van der Waals surface area (Å²) in [5.41, 5.74) is 0.887. The standard InChI is InChI=1S/C18H16BrNO3S2/c1-2-7-23-15-6-5-12(9-14(15)19)10-16-17(21)20(18(24)25-16)11-13-4-3-8-22-13/h1,5-6,9-10,13H,3-4,7-8,11H2/b16-10-/t13-/m0/s1. The van der Waals surface area contributed by atoms with E-state index in [9.17, 15) is 4.79 Å². The maximum atomic E-state index is 12.6. The molecule has 1 atom stereocenters. The van der Waals surface area contributed by atoms with Crippen molar-refractivity contribution in [2.75, 3.05) is 19.8 Å². The number of rotatable bonds is 5. The summed E-state index contributed by atoms with van der Waals surface area (Å²) in [5, 5.41) is 0. The average molecular weight is 438 g/mol. The van der Waals surface area contributed by atoms with Gasteiger partial charge in [-0.2, -0.15) is 0 Å². The van der Waals surface area contributed by atoms with E-state index in [0.29, 0.717) is 21.5 Å². The highest BCUT2D eigenvalue weighted by Crippen LogP contribution is 2.34. The molecule has 3 rings (SSSR count). The number of thiocarbonyl (C=S) groups is 1. The smallest absolute Gasteiger partial charge is 0.266 e. The summed E-state index contributed by atoms with van der Waals surface area (Å²) in [6.07, 6.45) is 9.14. The van der Waals surface area contributed by atoms with Crippen molar-refractivity contribution >= 4 is 56.2 Å². The minimum absolute atomic E-state index is 0.0609. The summed E-state index contributed by atoms with van der Waals surface area (Å²) in [4.78, 5) is 14.9. The Morgan fingerprint density at radius 1 is 1.56 bits per heavy atom. The Morgan fingerprint density at radius 2 is 2.40 bits per heavy atom. The van der Waals surface area contributed by atoms with Gasteiger partial charge in [0.25, 0.3) is 5.91 Å². The van der Waals surface area contributed by atoms with Crippen LogP contribution in [-0.4, -0.2) is 41.0 Å². The zero-order valence-corrected chi connectivity index (χ0v) is 16.6. The van der Waals surface area contributed by atoms with Crippen LogP contribution in [0.1, 0.15) is 18.4 Å². The molecular formula is C18H16BrNO3S2. The predicted molar refractivity (Wildman–Crippen MR) is 107 cm³/mol. The summed E-state index contributed by atoms with van der Waals surface area (Å²) in [6, 6.07) is 5.59. The van der Waals surface area contributed by atoms with Gasteiger partial charge < -0.3 is 9.47 Å². The number of hydrogen-bond acceptors (Lipinski definition) is 5. The number of carbonyl (C=O) groups is 1. The largest absolute Gasteiger partial charge is 0.480 e. The lowest BCUT2D eigenvalue weighted by Gasteiger charge is -2.18. The molecule has 4 nitrogen and oxygen atoms in total. The second-order valence-corrected chi connectivity index (χ2v) is 8.14. The third kappa shape index (κ3) is 4.45. The highest BCUT2D eigenvalue weighted by atomic mass is 79.9. The Hall–Kier alpha value is -1.33. The van der Waals surface area contributed by atoms with Crippen molar-refractivity contribution in [1.82, 2.24) is 4.90 Å². The number of thioether (sulfide) groups is 1. The second kappa shape index (κ2) is 8.37. The lowest BCUT2D eigenvalue weighted by molar-refractivity contribution is -0.123. The molecule has 130 valence electrons. The molecule has 0 radical (unpaired) electrons. The first-order valence-electron chi connectivity index (χ1n) is 7.81. The summed E-state index contributed by atoms with van der Waals surface area (Å²) < 4.78 is 12.4. The van der Waals surface area contributed by atoms with Gasteiger partial charge in [0.05, 0.1) is 22.0 Å². The van der Waals surface area contributed by atoms with E-state index in [1.807, 2.05) is 24.3 Å². The number of ether oxygens (including phenoxy) is 2. The highest BCUT2D eigenvalue weighted by Gasteiger charge is 2.34. The van der Waals surface area contributed by atoms with Crippen LogP contribution in [0.4, 0.5) is 0 Å². The topological polar surface area (TPSA) is 38.8 Å². The van der Waals surface area contributed by atoms with Crippen LogP contribution in [0.2, 0.25) is 0 Å². The van der Waals surface area contributed by atoms with Crippen molar-refractivity contribution in [2.45, 2.75) is 18.9 Å². The van der Waals surface area contributed by atoms with Crippen LogP contribution < -0.4 is 4.74 Å². The van der Waals surface area contributed by atoms with Crippen molar-refractivity contribution in [1.29, 1.82) is 0 Å². The minimum atomic E-state index is -0.0609. The van der Waals surface area contributed by atoms with Gasteiger partial charge in [0.2, 0.25) is 0 Å². The SMILES string of the molecule is C#CCOc1ccc(/C=C2\SC(=S)N(C[C@@H]3CCCO3)C2=O)cc1Br. The van der Waals surface area contributed by atoms with Gasteiger partial charge in [-0.15, -0.1) is 6.42 Å². The van der Waals surface area contributed by atoms with Gasteiger partial charge >= 0.3 is 0 Å². The normalized spacial score (nSPS) is 21.8. The number of hydrogen-bond donors (Lipinski definition) is 0. The molecule has 0 aromatic heterocycles. The van der Waals surface area contributed by atoms with Crippen molar-refractivity contribution in [3.63, 3.8) is 0 Å². The number of nitrogens with zero attached hydrogens (tertiary/aromatic N) is 1. The van der Waals surface area contributed by atoms with Gasteiger partial charge in [-0.05, 0) is 52.5 Å². The number of carbonyl (C=O) groups excluding carboxylic acids is 1. The van der Waals surface area contributed by atoms with Gasteiger partial charge in [-0.1, -0.05) is 36.0 Å². The molecule has 2 aliphatic rings. The minimum Gasteiger partial charge on any atom is -0.480 e. The fourth-order valence-electron chi connectivity index (χ4n) is 2.64. The maximum Gasteiger partial charge on any atom is 0.266 e. The summed E-state index contributed by atoms with van der Waals surface area (Å²) in [6.45, 7) is 1.50. The Morgan fingerprint density at radius 3 is 3.08 bits per heavy atom. The Kier molecular flexibility index (Phi) is 6.18. The van der Waals surface area contributed by atoms with Crippen molar-refractivity contribution in [3.8, 4) is 18.1 Å². The fraction of sp³-hybridized carbons (Fsp3) is 0.333. The molecule has 0 spiro atoms. The summed E-state index contributed by atoms with van der Waals surface area (Å²) >= 11 is 10.1. The van der Waals surface area contributed by atoms with E-state index >= 15 is 0 Å². The van der Waals surface area contributed by atoms with Crippen molar-refractivity contribution in [2.24, 2.45) is 0 Å². The third-order valence-corrected chi connectivity index (χ3v) is 5.85. The van der Waals surface area contributed by atoms with E-state index in [4.69, 9.17) is 28.1 Å². The van der Waals surface area contributed by atoms with Crippen LogP contribution >= 0.6 is 39.9 Å². The molecule has 0 N–H and O–H groups in total. The van der Waals surface area contributed by atoms with Crippen LogP contribution in [0.25, 0.3) is 6.08 Å². The van der Waals surface area contributed by atoms with E-state index in [0.717, 1.165) is 29.5 Å². The monoisotopic (exact) mass is 437 g/mol. The van der Waals surface area contributed by atoms with Crippen LogP contribution in [0.3, 0.4) is 0 Å². The molecule has 0 saturated carbocycles. The number of terminal acetylenes is 1. The van der Waals surface area contributed by atoms with E-state index in [-0.39, 0.29) is 18.6 Å². The molecule has 2 aliphatic heterocycles. The predicted octanol–water partition coefficient (Wildman–Crippen LogP) is 3.84. The molecule has 1 amide bonds. The molecule has 25 heavy (non-hydrogen) atoms. The molecule has 1 aromatic carbocycles. The fourth-order valence-corrected chi connectivity index (χ4v) is 4.43. The van der Waals surface area contributed by atoms with E-state index in [1.165, 1.54) is 11.8 Å². The van der Waals surface area contributed by atoms with Crippen molar-refractivity contribution in [3.05, 3.63) is 33.1 Å². The first-order chi connectivity index (χ1) is 12.1. The number of amides is 1. The molecule has 0 aliphatic carbocycles. The highest BCUT2D eigenvalue weighted by molar-refractivity contribution is 9.10. The first kappa shape index (κ1) is 18.5. The van der Waals surface area contributed by atoms with Gasteiger partial charge in [-0.25, -0.2) is 0 Å². The average Bonchev–Trinajstić information content (AvgIpc) is 3.19. The lowest BCUT2D eigenvalue weighted by atomic mass is 10.2. The van der Waals surface area contributed by atoms with Crippen molar-refractivity contribution < 1.29 is 14.3 Å². The van der Waals surface area contributed by atoms with Gasteiger partial charge in [-0.3, -0.25) is 9.69 Å². The Labute approximate surface area is 165 Å². The van der Waals surface area contributed by atoms with Crippen LogP contribution in [0.5, 0.6) is 5.75 Å². The molecule has 1 aromatic rings. The van der Waals surface area contributed by atoms with Gasteiger partial charge in [0.1, 0.15) is 16.7 Å². The maximum absolute atomic E-state index is 12.6. The molecule has 0 unspecified atom stereocenters. The van der Waals surface area contributed by atoms with Gasteiger partial charge in [0, 0.05) is 6.61 Å². The van der Waals surface area contributed by atoms with E-state index in [1.54, 1.807) is 4.90 Å². The number of halogens is 1. The second-order valence-electron chi connectivity index (χ2n) is 5.61. The van der Waals surface area contributed by atoms with Gasteiger partial charge in [0.15, 0.2) is 0 Å². The first-order valence-corrected chi connectivity index (χ1v) is 9.83. The quantitative estimate of drug-likeness (QED) is 0.397. The Bertz CT molecular complexity index is 766. The zero-order chi connectivity index (χ0) is 17.8. The molecular weight excluding hydrogens is 422 g/mol. The molecule has 2 saturated heterocycles. The van der Waals surface area contributed by atoms with Crippen LogP contribution in [0, 0.1) is 12.3 Å². The Balaban J connectivity index is 1.73. The number of benzene rings is 1. The lowest BCUT2D eigenvalue weighted by Crippen LogP contribution is -2.35. The third-order valence-electron chi connectivity index (χ3n) is 3.85. The zero-order valence-electron chi connectivity index (χ0n) is 13.4. The molecule has 0 bridgehead atoms. The van der Waals surface area contributed by atoms with E-state index < -0.39 is 0 Å². The molecule has 7 heteroatoms. The summed E-state index contributed by atoms with van der Waals surface area (Å²) in [7, 11) is 0. The van der Waals surface area contributed by atoms with E-state index in [2.05, 4.69) is 21.9 Å². The summed E-state index contributed by atoms with van der Waals surface area (Å²) in [5.74, 6) is 3.04. The van der Waals surface area contributed by atoms with Crippen LogP contribution in [0.15, 0.2) is 27.6 Å².